The molecule has 1 fully saturated rings. The van der Waals surface area contributed by atoms with Gasteiger partial charge in [0.25, 0.3) is 0 Å². The molecule has 0 saturated carbocycles. The van der Waals surface area contributed by atoms with Gasteiger partial charge in [0.05, 0.1) is 11.3 Å². The molecular formula is C14H25N5S. The van der Waals surface area contributed by atoms with Gasteiger partial charge in [0, 0.05) is 26.7 Å². The minimum Gasteiger partial charge on any atom is -0.389 e. The molecule has 5 nitrogen and oxygen atoms in total. The molecule has 1 aliphatic rings. The summed E-state index contributed by atoms with van der Waals surface area (Å²) in [7, 11) is 6.25. The van der Waals surface area contributed by atoms with Crippen LogP contribution in [0.15, 0.2) is 0 Å². The van der Waals surface area contributed by atoms with Crippen LogP contribution >= 0.6 is 12.2 Å². The topological polar surface area (TPSA) is 50.3 Å². The van der Waals surface area contributed by atoms with Gasteiger partial charge >= 0.3 is 0 Å². The first-order valence-electron chi connectivity index (χ1n) is 7.13. The Morgan fingerprint density at radius 3 is 2.50 bits per heavy atom. The number of rotatable bonds is 4. The number of hydrogen-bond acceptors (Lipinski definition) is 4. The van der Waals surface area contributed by atoms with Gasteiger partial charge < -0.3 is 15.5 Å². The van der Waals surface area contributed by atoms with E-state index in [9.17, 15) is 0 Å². The number of piperidine rings is 1. The van der Waals surface area contributed by atoms with Crippen LogP contribution in [0.25, 0.3) is 0 Å². The third-order valence-electron chi connectivity index (χ3n) is 3.98. The standard InChI is InChI=1S/C14H25N5S/c1-10-12(13(15)20)14(18(4)16-10)19-7-5-11(6-8-19)9-17(2)3/h11H,5-9H2,1-4H3,(H2,15,20). The van der Waals surface area contributed by atoms with Gasteiger partial charge in [0.1, 0.15) is 10.8 Å². The molecule has 2 rings (SSSR count). The van der Waals surface area contributed by atoms with Crippen LogP contribution in [0.3, 0.4) is 0 Å². The summed E-state index contributed by atoms with van der Waals surface area (Å²) in [5.41, 5.74) is 7.73. The highest BCUT2D eigenvalue weighted by atomic mass is 32.1. The highest BCUT2D eigenvalue weighted by Gasteiger charge is 2.25. The van der Waals surface area contributed by atoms with Crippen molar-refractivity contribution in [3.05, 3.63) is 11.3 Å². The normalized spacial score (nSPS) is 16.9. The van der Waals surface area contributed by atoms with Crippen LogP contribution in [0, 0.1) is 12.8 Å². The third-order valence-corrected chi connectivity index (χ3v) is 4.18. The Bertz CT molecular complexity index is 486. The van der Waals surface area contributed by atoms with Crippen molar-refractivity contribution >= 4 is 23.0 Å². The van der Waals surface area contributed by atoms with Crippen molar-refractivity contribution < 1.29 is 0 Å². The maximum Gasteiger partial charge on any atom is 0.137 e. The number of hydrogen-bond donors (Lipinski definition) is 1. The van der Waals surface area contributed by atoms with Crippen LogP contribution in [0.1, 0.15) is 24.1 Å². The molecule has 1 saturated heterocycles. The molecule has 0 spiro atoms. The lowest BCUT2D eigenvalue weighted by Crippen LogP contribution is -2.38. The second-order valence-corrected chi connectivity index (χ2v) is 6.40. The lowest BCUT2D eigenvalue weighted by molar-refractivity contribution is 0.284. The monoisotopic (exact) mass is 295 g/mol. The average molecular weight is 295 g/mol. The Labute approximate surface area is 126 Å². The smallest absolute Gasteiger partial charge is 0.137 e. The Hall–Kier alpha value is -1.14. The van der Waals surface area contributed by atoms with E-state index in [4.69, 9.17) is 18.0 Å². The van der Waals surface area contributed by atoms with Crippen LogP contribution in [-0.2, 0) is 7.05 Å². The van der Waals surface area contributed by atoms with Gasteiger partial charge in [-0.05, 0) is 39.8 Å². The Balaban J connectivity index is 2.13. The maximum absolute atomic E-state index is 5.87. The van der Waals surface area contributed by atoms with Gasteiger partial charge in [0.2, 0.25) is 0 Å². The van der Waals surface area contributed by atoms with E-state index >= 15 is 0 Å². The number of nitrogens with two attached hydrogens (primary N) is 1. The average Bonchev–Trinajstić information content (AvgIpc) is 2.64. The summed E-state index contributed by atoms with van der Waals surface area (Å²) in [5.74, 6) is 1.86. The minimum absolute atomic E-state index is 0.445. The van der Waals surface area contributed by atoms with Crippen LogP contribution in [0.5, 0.6) is 0 Å². The van der Waals surface area contributed by atoms with E-state index in [-0.39, 0.29) is 0 Å². The van der Waals surface area contributed by atoms with E-state index in [0.717, 1.165) is 36.1 Å². The molecule has 2 heterocycles. The van der Waals surface area contributed by atoms with Gasteiger partial charge in [0.15, 0.2) is 0 Å². The number of thiocarbonyl (C=S) groups is 1. The third kappa shape index (κ3) is 3.12. The highest BCUT2D eigenvalue weighted by molar-refractivity contribution is 7.80. The molecule has 20 heavy (non-hydrogen) atoms. The van der Waals surface area contributed by atoms with E-state index in [0.29, 0.717) is 4.99 Å². The summed E-state index contributed by atoms with van der Waals surface area (Å²) in [6.45, 7) is 5.23. The zero-order valence-corrected chi connectivity index (χ0v) is 13.7. The summed E-state index contributed by atoms with van der Waals surface area (Å²) >= 11 is 5.19. The molecule has 6 heteroatoms. The quantitative estimate of drug-likeness (QED) is 0.844. The lowest BCUT2D eigenvalue weighted by Gasteiger charge is -2.35. The zero-order chi connectivity index (χ0) is 14.9. The number of anilines is 1. The van der Waals surface area contributed by atoms with Crippen LogP contribution in [-0.4, -0.2) is 53.4 Å². The molecule has 0 atom stereocenters. The molecule has 0 aliphatic carbocycles. The van der Waals surface area contributed by atoms with Crippen molar-refractivity contribution in [2.24, 2.45) is 18.7 Å². The summed E-state index contributed by atoms with van der Waals surface area (Å²) in [6.07, 6.45) is 2.42. The van der Waals surface area contributed by atoms with E-state index in [1.54, 1.807) is 0 Å². The molecule has 1 aliphatic heterocycles. The molecular weight excluding hydrogens is 270 g/mol. The summed E-state index contributed by atoms with van der Waals surface area (Å²) < 4.78 is 1.91. The Kier molecular flexibility index (Phi) is 4.65. The van der Waals surface area contributed by atoms with E-state index in [2.05, 4.69) is 29.0 Å². The Morgan fingerprint density at radius 2 is 2.00 bits per heavy atom. The molecule has 1 aromatic rings. The molecule has 0 aromatic carbocycles. The maximum atomic E-state index is 5.87. The van der Waals surface area contributed by atoms with E-state index < -0.39 is 0 Å². The fourth-order valence-corrected chi connectivity index (χ4v) is 3.38. The number of aryl methyl sites for hydroxylation is 2. The predicted molar refractivity (Wildman–Crippen MR) is 87.3 cm³/mol. The zero-order valence-electron chi connectivity index (χ0n) is 12.9. The van der Waals surface area contributed by atoms with Crippen molar-refractivity contribution in [1.82, 2.24) is 14.7 Å². The van der Waals surface area contributed by atoms with Crippen molar-refractivity contribution in [3.8, 4) is 0 Å². The van der Waals surface area contributed by atoms with Gasteiger partial charge in [-0.15, -0.1) is 0 Å². The summed E-state index contributed by atoms with van der Waals surface area (Å²) in [4.78, 5) is 5.09. The van der Waals surface area contributed by atoms with Gasteiger partial charge in [-0.1, -0.05) is 12.2 Å². The lowest BCUT2D eigenvalue weighted by atomic mass is 9.96. The van der Waals surface area contributed by atoms with Crippen LogP contribution in [0.2, 0.25) is 0 Å². The fraction of sp³-hybridized carbons (Fsp3) is 0.714. The van der Waals surface area contributed by atoms with Crippen LogP contribution in [0.4, 0.5) is 5.82 Å². The molecule has 0 amide bonds. The summed E-state index contributed by atoms with van der Waals surface area (Å²) in [5, 5.41) is 4.47. The molecule has 1 aromatic heterocycles. The van der Waals surface area contributed by atoms with Crippen molar-refractivity contribution in [3.63, 3.8) is 0 Å². The SMILES string of the molecule is Cc1nn(C)c(N2CCC(CN(C)C)CC2)c1C(N)=S. The molecule has 0 unspecified atom stereocenters. The van der Waals surface area contributed by atoms with Gasteiger partial charge in [-0.2, -0.15) is 5.10 Å². The van der Waals surface area contributed by atoms with Crippen molar-refractivity contribution in [2.45, 2.75) is 19.8 Å². The number of nitrogens with zero attached hydrogens (tertiary/aromatic N) is 4. The second kappa shape index (κ2) is 6.10. The fourth-order valence-electron chi connectivity index (χ4n) is 3.14. The first kappa shape index (κ1) is 15.3. The van der Waals surface area contributed by atoms with Gasteiger partial charge in [-0.25, -0.2) is 0 Å². The van der Waals surface area contributed by atoms with Gasteiger partial charge in [-0.3, -0.25) is 4.68 Å². The largest absolute Gasteiger partial charge is 0.389 e. The van der Waals surface area contributed by atoms with Crippen molar-refractivity contribution in [2.75, 3.05) is 38.6 Å². The second-order valence-electron chi connectivity index (χ2n) is 5.96. The highest BCUT2D eigenvalue weighted by Crippen LogP contribution is 2.28. The van der Waals surface area contributed by atoms with E-state index in [1.165, 1.54) is 19.4 Å². The molecule has 0 bridgehead atoms. The molecule has 0 radical (unpaired) electrons. The van der Waals surface area contributed by atoms with E-state index in [1.807, 2.05) is 18.7 Å². The molecule has 2 N–H and O–H groups in total. The Morgan fingerprint density at radius 1 is 1.40 bits per heavy atom. The first-order chi connectivity index (χ1) is 9.40. The van der Waals surface area contributed by atoms with Crippen LogP contribution < -0.4 is 10.6 Å². The summed E-state index contributed by atoms with van der Waals surface area (Å²) in [6, 6.07) is 0. The minimum atomic E-state index is 0.445. The first-order valence-corrected chi connectivity index (χ1v) is 7.54. The van der Waals surface area contributed by atoms with Crippen molar-refractivity contribution in [1.29, 1.82) is 0 Å². The number of aromatic nitrogens is 2. The molecule has 112 valence electrons. The predicted octanol–water partition coefficient (Wildman–Crippen LogP) is 1.14.